The monoisotopic (exact) mass is 429 g/mol. The Bertz CT molecular complexity index is 1180. The van der Waals surface area contributed by atoms with E-state index in [4.69, 9.17) is 14.9 Å². The number of fused-ring (bicyclic) bond motifs is 1. The van der Waals surface area contributed by atoms with Crippen LogP contribution in [0.25, 0.3) is 16.6 Å². The standard InChI is InChI=1S/C27H27NO4/c29-16-17-32-24-12-10-23(11-13-24)28-19-22(9-6-20-4-2-1-3-5-20)25-18-21(7-14-26(25)28)8-15-27(30)31/h1-5,7,10-14,18-19,29H,6,8-9,15-17H2,(H,30,31). The highest BCUT2D eigenvalue weighted by atomic mass is 16.5. The van der Waals surface area contributed by atoms with E-state index in [0.29, 0.717) is 6.42 Å². The third-order valence-electron chi connectivity index (χ3n) is 5.58. The van der Waals surface area contributed by atoms with Gasteiger partial charge in [0.15, 0.2) is 0 Å². The summed E-state index contributed by atoms with van der Waals surface area (Å²) in [6.45, 7) is 0.257. The molecule has 0 saturated heterocycles. The van der Waals surface area contributed by atoms with Gasteiger partial charge in [0, 0.05) is 23.7 Å². The second kappa shape index (κ2) is 10.2. The van der Waals surface area contributed by atoms with E-state index in [1.807, 2.05) is 36.4 Å². The lowest BCUT2D eigenvalue weighted by Gasteiger charge is -2.08. The molecule has 0 fully saturated rings. The number of nitrogens with zero attached hydrogens (tertiary/aromatic N) is 1. The molecular weight excluding hydrogens is 402 g/mol. The predicted octanol–water partition coefficient (Wildman–Crippen LogP) is 4.80. The number of aromatic nitrogens is 1. The molecule has 0 bridgehead atoms. The fraction of sp³-hybridized carbons (Fsp3) is 0.222. The summed E-state index contributed by atoms with van der Waals surface area (Å²) in [6, 6.07) is 24.5. The van der Waals surface area contributed by atoms with Gasteiger partial charge in [0.05, 0.1) is 12.1 Å². The molecule has 2 N–H and O–H groups in total. The van der Waals surface area contributed by atoms with E-state index in [2.05, 4.69) is 47.2 Å². The third kappa shape index (κ3) is 5.18. The molecular formula is C27H27NO4. The number of aliphatic hydroxyl groups excluding tert-OH is 1. The van der Waals surface area contributed by atoms with Crippen molar-refractivity contribution in [3.8, 4) is 11.4 Å². The van der Waals surface area contributed by atoms with Crippen molar-refractivity contribution in [3.05, 3.63) is 95.7 Å². The van der Waals surface area contributed by atoms with E-state index >= 15 is 0 Å². The number of ether oxygens (including phenoxy) is 1. The Balaban J connectivity index is 1.67. The van der Waals surface area contributed by atoms with Crippen molar-refractivity contribution in [2.45, 2.75) is 25.7 Å². The number of aliphatic hydroxyl groups is 1. The van der Waals surface area contributed by atoms with Crippen LogP contribution in [-0.2, 0) is 24.1 Å². The molecule has 0 saturated carbocycles. The molecule has 3 aromatic carbocycles. The molecule has 1 heterocycles. The summed E-state index contributed by atoms with van der Waals surface area (Å²) in [7, 11) is 0. The maximum atomic E-state index is 11.0. The Morgan fingerprint density at radius 1 is 0.875 bits per heavy atom. The summed E-state index contributed by atoms with van der Waals surface area (Å²) >= 11 is 0. The van der Waals surface area contributed by atoms with E-state index < -0.39 is 5.97 Å². The van der Waals surface area contributed by atoms with E-state index in [0.717, 1.165) is 40.7 Å². The van der Waals surface area contributed by atoms with Gasteiger partial charge >= 0.3 is 5.97 Å². The lowest BCUT2D eigenvalue weighted by molar-refractivity contribution is -0.136. The van der Waals surface area contributed by atoms with Gasteiger partial charge in [-0.1, -0.05) is 36.4 Å². The Morgan fingerprint density at radius 3 is 2.38 bits per heavy atom. The van der Waals surface area contributed by atoms with E-state index in [1.165, 1.54) is 11.1 Å². The zero-order valence-corrected chi connectivity index (χ0v) is 17.9. The molecule has 0 amide bonds. The van der Waals surface area contributed by atoms with Gasteiger partial charge in [-0.3, -0.25) is 4.79 Å². The van der Waals surface area contributed by atoms with Gasteiger partial charge in [-0.2, -0.15) is 0 Å². The Kier molecular flexibility index (Phi) is 6.87. The molecule has 32 heavy (non-hydrogen) atoms. The molecule has 5 nitrogen and oxygen atoms in total. The molecule has 0 unspecified atom stereocenters. The first kappa shape index (κ1) is 21.7. The van der Waals surface area contributed by atoms with Gasteiger partial charge in [0.1, 0.15) is 12.4 Å². The van der Waals surface area contributed by atoms with Gasteiger partial charge in [0.2, 0.25) is 0 Å². The minimum atomic E-state index is -0.782. The van der Waals surface area contributed by atoms with Crippen LogP contribution in [0.2, 0.25) is 0 Å². The van der Waals surface area contributed by atoms with Gasteiger partial charge in [-0.05, 0) is 72.4 Å². The van der Waals surface area contributed by atoms with E-state index in [-0.39, 0.29) is 19.6 Å². The molecule has 0 spiro atoms. The van der Waals surface area contributed by atoms with E-state index in [1.54, 1.807) is 0 Å². The summed E-state index contributed by atoms with van der Waals surface area (Å²) in [5.41, 5.74) is 5.68. The quantitative estimate of drug-likeness (QED) is 0.380. The van der Waals surface area contributed by atoms with Crippen molar-refractivity contribution in [1.82, 2.24) is 4.57 Å². The minimum absolute atomic E-state index is 0.0149. The van der Waals surface area contributed by atoms with Crippen LogP contribution in [0.1, 0.15) is 23.1 Å². The van der Waals surface area contributed by atoms with Crippen LogP contribution in [0, 0.1) is 0 Å². The third-order valence-corrected chi connectivity index (χ3v) is 5.58. The van der Waals surface area contributed by atoms with Crippen molar-refractivity contribution in [2.75, 3.05) is 13.2 Å². The Hall–Kier alpha value is -3.57. The molecule has 4 aromatic rings. The summed E-state index contributed by atoms with van der Waals surface area (Å²) in [4.78, 5) is 11.0. The van der Waals surface area contributed by atoms with Gasteiger partial charge in [0.25, 0.3) is 0 Å². The summed E-state index contributed by atoms with van der Waals surface area (Å²) in [5, 5.41) is 19.2. The van der Waals surface area contributed by atoms with Crippen LogP contribution < -0.4 is 4.74 Å². The maximum Gasteiger partial charge on any atom is 0.303 e. The number of carboxylic acid groups (broad SMARTS) is 1. The van der Waals surface area contributed by atoms with Crippen molar-refractivity contribution in [2.24, 2.45) is 0 Å². The first-order valence-corrected chi connectivity index (χ1v) is 10.9. The van der Waals surface area contributed by atoms with Crippen molar-refractivity contribution in [3.63, 3.8) is 0 Å². The average Bonchev–Trinajstić information content (AvgIpc) is 3.19. The predicted molar refractivity (Wildman–Crippen MR) is 126 cm³/mol. The highest BCUT2D eigenvalue weighted by molar-refractivity contribution is 5.86. The molecule has 0 aliphatic carbocycles. The number of benzene rings is 3. The maximum absolute atomic E-state index is 11.0. The lowest BCUT2D eigenvalue weighted by atomic mass is 10.0. The van der Waals surface area contributed by atoms with Gasteiger partial charge in [-0.25, -0.2) is 0 Å². The zero-order valence-electron chi connectivity index (χ0n) is 17.9. The first-order chi connectivity index (χ1) is 15.6. The summed E-state index contributed by atoms with van der Waals surface area (Å²) in [5.74, 6) is -0.0602. The van der Waals surface area contributed by atoms with Crippen LogP contribution in [0.15, 0.2) is 79.0 Å². The summed E-state index contributed by atoms with van der Waals surface area (Å²) < 4.78 is 7.65. The second-order valence-corrected chi connectivity index (χ2v) is 7.82. The molecule has 0 radical (unpaired) electrons. The zero-order chi connectivity index (χ0) is 22.3. The average molecular weight is 430 g/mol. The van der Waals surface area contributed by atoms with Crippen LogP contribution in [0.5, 0.6) is 5.75 Å². The number of aryl methyl sites for hydroxylation is 3. The normalized spacial score (nSPS) is 11.0. The molecule has 1 aromatic heterocycles. The summed E-state index contributed by atoms with van der Waals surface area (Å²) in [6.07, 6.45) is 4.66. The Labute approximate surface area is 187 Å². The number of carbonyl (C=O) groups is 1. The topological polar surface area (TPSA) is 71.7 Å². The number of hydrogen-bond acceptors (Lipinski definition) is 3. The fourth-order valence-corrected chi connectivity index (χ4v) is 3.96. The van der Waals surface area contributed by atoms with Crippen molar-refractivity contribution >= 4 is 16.9 Å². The number of aliphatic carboxylic acids is 1. The first-order valence-electron chi connectivity index (χ1n) is 10.9. The molecule has 4 rings (SSSR count). The van der Waals surface area contributed by atoms with Crippen LogP contribution in [0.4, 0.5) is 0 Å². The molecule has 0 aliphatic heterocycles. The SMILES string of the molecule is O=C(O)CCc1ccc2c(c1)c(CCc1ccccc1)cn2-c1ccc(OCCO)cc1. The van der Waals surface area contributed by atoms with Crippen molar-refractivity contribution < 1.29 is 19.7 Å². The van der Waals surface area contributed by atoms with Gasteiger partial charge in [-0.15, -0.1) is 0 Å². The highest BCUT2D eigenvalue weighted by Crippen LogP contribution is 2.28. The largest absolute Gasteiger partial charge is 0.491 e. The molecule has 164 valence electrons. The smallest absolute Gasteiger partial charge is 0.303 e. The van der Waals surface area contributed by atoms with Crippen molar-refractivity contribution in [1.29, 1.82) is 0 Å². The number of carboxylic acids is 1. The van der Waals surface area contributed by atoms with Crippen LogP contribution in [-0.4, -0.2) is 34.0 Å². The second-order valence-electron chi connectivity index (χ2n) is 7.82. The highest BCUT2D eigenvalue weighted by Gasteiger charge is 2.12. The minimum Gasteiger partial charge on any atom is -0.491 e. The van der Waals surface area contributed by atoms with Gasteiger partial charge < -0.3 is 19.5 Å². The van der Waals surface area contributed by atoms with E-state index in [9.17, 15) is 4.79 Å². The molecule has 0 aliphatic rings. The Morgan fingerprint density at radius 2 is 1.66 bits per heavy atom. The molecule has 0 atom stereocenters. The lowest BCUT2D eigenvalue weighted by Crippen LogP contribution is -2.01. The number of hydrogen-bond donors (Lipinski definition) is 2. The number of rotatable bonds is 10. The molecule has 5 heteroatoms. The van der Waals surface area contributed by atoms with Crippen LogP contribution >= 0.6 is 0 Å². The fourth-order valence-electron chi connectivity index (χ4n) is 3.96. The van der Waals surface area contributed by atoms with Crippen LogP contribution in [0.3, 0.4) is 0 Å².